The highest BCUT2D eigenvalue weighted by Crippen LogP contribution is 2.20. The van der Waals surface area contributed by atoms with Crippen molar-refractivity contribution in [3.63, 3.8) is 0 Å². The van der Waals surface area contributed by atoms with Crippen molar-refractivity contribution < 1.29 is 14.6 Å². The molecule has 5 nitrogen and oxygen atoms in total. The summed E-state index contributed by atoms with van der Waals surface area (Å²) in [4.78, 5) is 11.2. The topological polar surface area (TPSA) is 96.3 Å². The third kappa shape index (κ3) is 2.87. The summed E-state index contributed by atoms with van der Waals surface area (Å²) >= 11 is 0. The lowest BCUT2D eigenvalue weighted by Gasteiger charge is -2.10. The molecule has 0 amide bonds. The molecule has 0 atom stereocenters. The lowest BCUT2D eigenvalue weighted by molar-refractivity contribution is 0.0695. The second kappa shape index (κ2) is 5.76. The van der Waals surface area contributed by atoms with Crippen LogP contribution in [-0.2, 0) is 6.61 Å². The van der Waals surface area contributed by atoms with Crippen molar-refractivity contribution in [3.8, 4) is 11.8 Å². The fourth-order valence-corrected chi connectivity index (χ4v) is 1.79. The van der Waals surface area contributed by atoms with E-state index < -0.39 is 5.97 Å². The number of aromatic carboxylic acids is 1. The van der Waals surface area contributed by atoms with E-state index in [0.29, 0.717) is 16.9 Å². The van der Waals surface area contributed by atoms with Gasteiger partial charge in [0.25, 0.3) is 0 Å². The summed E-state index contributed by atoms with van der Waals surface area (Å²) in [5, 5.41) is 17.8. The summed E-state index contributed by atoms with van der Waals surface area (Å²) in [6.45, 7) is 0.0958. The van der Waals surface area contributed by atoms with Gasteiger partial charge in [-0.2, -0.15) is 5.26 Å². The number of benzene rings is 2. The van der Waals surface area contributed by atoms with E-state index in [0.717, 1.165) is 0 Å². The fourth-order valence-electron chi connectivity index (χ4n) is 1.79. The molecule has 0 aliphatic rings. The molecule has 0 saturated heterocycles. The maximum atomic E-state index is 11.2. The summed E-state index contributed by atoms with van der Waals surface area (Å²) in [5.74, 6) is -0.524. The average Bonchev–Trinajstić information content (AvgIpc) is 2.45. The van der Waals surface area contributed by atoms with E-state index in [9.17, 15) is 4.79 Å². The number of anilines is 1. The molecule has 5 heteroatoms. The first-order chi connectivity index (χ1) is 9.61. The molecule has 0 radical (unpaired) electrons. The first-order valence-electron chi connectivity index (χ1n) is 5.85. The quantitative estimate of drug-likeness (QED) is 0.830. The molecular formula is C15H12N2O3. The molecule has 2 aromatic carbocycles. The Bertz CT molecular complexity index is 673. The zero-order valence-electron chi connectivity index (χ0n) is 10.5. The molecule has 0 heterocycles. The Labute approximate surface area is 115 Å². The summed E-state index contributed by atoms with van der Waals surface area (Å²) in [5.41, 5.74) is 6.96. The van der Waals surface area contributed by atoms with Crippen LogP contribution in [0.25, 0.3) is 0 Å². The minimum atomic E-state index is -1.08. The van der Waals surface area contributed by atoms with Crippen LogP contribution in [0.1, 0.15) is 21.5 Å². The van der Waals surface area contributed by atoms with Crippen molar-refractivity contribution in [2.75, 3.05) is 5.73 Å². The van der Waals surface area contributed by atoms with E-state index >= 15 is 0 Å². The molecule has 0 aliphatic carbocycles. The van der Waals surface area contributed by atoms with E-state index in [1.165, 1.54) is 6.07 Å². The molecule has 0 spiro atoms. The SMILES string of the molecule is N#Cc1ccc(OCc2cccc(N)c2C(=O)O)cc1. The van der Waals surface area contributed by atoms with Crippen LogP contribution in [0.4, 0.5) is 5.69 Å². The normalized spacial score (nSPS) is 9.75. The molecule has 20 heavy (non-hydrogen) atoms. The summed E-state index contributed by atoms with van der Waals surface area (Å²) in [6.07, 6.45) is 0. The highest BCUT2D eigenvalue weighted by molar-refractivity contribution is 5.95. The molecule has 2 rings (SSSR count). The van der Waals surface area contributed by atoms with Gasteiger partial charge in [-0.25, -0.2) is 4.79 Å². The molecule has 2 aromatic rings. The number of carboxylic acids is 1. The zero-order valence-corrected chi connectivity index (χ0v) is 10.5. The minimum absolute atomic E-state index is 0.0566. The van der Waals surface area contributed by atoms with Crippen molar-refractivity contribution >= 4 is 11.7 Å². The summed E-state index contributed by atoms with van der Waals surface area (Å²) in [7, 11) is 0. The molecule has 0 saturated carbocycles. The first kappa shape index (κ1) is 13.4. The Kier molecular flexibility index (Phi) is 3.87. The van der Waals surface area contributed by atoms with Gasteiger partial charge in [-0.3, -0.25) is 0 Å². The van der Waals surface area contributed by atoms with Crippen molar-refractivity contribution in [2.45, 2.75) is 6.61 Å². The highest BCUT2D eigenvalue weighted by atomic mass is 16.5. The summed E-state index contributed by atoms with van der Waals surface area (Å²) in [6, 6.07) is 13.5. The number of hydrogen-bond donors (Lipinski definition) is 2. The Balaban J connectivity index is 2.16. The minimum Gasteiger partial charge on any atom is -0.489 e. The van der Waals surface area contributed by atoms with Gasteiger partial charge in [-0.05, 0) is 30.3 Å². The molecule has 0 bridgehead atoms. The number of carboxylic acid groups (broad SMARTS) is 1. The predicted molar refractivity (Wildman–Crippen MR) is 73.3 cm³/mol. The highest BCUT2D eigenvalue weighted by Gasteiger charge is 2.13. The smallest absolute Gasteiger partial charge is 0.338 e. The Morgan fingerprint density at radius 1 is 1.25 bits per heavy atom. The van der Waals surface area contributed by atoms with Crippen molar-refractivity contribution in [3.05, 3.63) is 59.2 Å². The fraction of sp³-hybridized carbons (Fsp3) is 0.0667. The maximum absolute atomic E-state index is 11.2. The second-order valence-electron chi connectivity index (χ2n) is 4.11. The van der Waals surface area contributed by atoms with Gasteiger partial charge in [-0.1, -0.05) is 12.1 Å². The van der Waals surface area contributed by atoms with Crippen molar-refractivity contribution in [1.29, 1.82) is 5.26 Å². The number of nitrogen functional groups attached to an aromatic ring is 1. The number of nitrogens with zero attached hydrogens (tertiary/aromatic N) is 1. The van der Waals surface area contributed by atoms with Crippen molar-refractivity contribution in [2.24, 2.45) is 0 Å². The van der Waals surface area contributed by atoms with Crippen LogP contribution >= 0.6 is 0 Å². The molecule has 100 valence electrons. The van der Waals surface area contributed by atoms with Gasteiger partial charge in [0.1, 0.15) is 12.4 Å². The zero-order chi connectivity index (χ0) is 14.5. The van der Waals surface area contributed by atoms with Crippen LogP contribution in [0.5, 0.6) is 5.75 Å². The molecular weight excluding hydrogens is 256 g/mol. The third-order valence-corrected chi connectivity index (χ3v) is 2.77. The largest absolute Gasteiger partial charge is 0.489 e. The van der Waals surface area contributed by atoms with Gasteiger partial charge >= 0.3 is 5.97 Å². The van der Waals surface area contributed by atoms with E-state index in [1.54, 1.807) is 36.4 Å². The number of rotatable bonds is 4. The van der Waals surface area contributed by atoms with Crippen LogP contribution in [0.2, 0.25) is 0 Å². The van der Waals surface area contributed by atoms with Crippen LogP contribution in [0.15, 0.2) is 42.5 Å². The average molecular weight is 268 g/mol. The Morgan fingerprint density at radius 2 is 1.95 bits per heavy atom. The van der Waals surface area contributed by atoms with Gasteiger partial charge in [-0.15, -0.1) is 0 Å². The Hall–Kier alpha value is -3.00. The van der Waals surface area contributed by atoms with Crippen molar-refractivity contribution in [1.82, 2.24) is 0 Å². The van der Waals surface area contributed by atoms with E-state index in [2.05, 4.69) is 0 Å². The monoisotopic (exact) mass is 268 g/mol. The maximum Gasteiger partial charge on any atom is 0.338 e. The van der Waals surface area contributed by atoms with Gasteiger partial charge in [0.05, 0.1) is 17.2 Å². The van der Waals surface area contributed by atoms with Crippen LogP contribution in [0.3, 0.4) is 0 Å². The molecule has 0 aliphatic heterocycles. The predicted octanol–water partition coefficient (Wildman–Crippen LogP) is 2.42. The molecule has 0 fully saturated rings. The van der Waals surface area contributed by atoms with Gasteiger partial charge < -0.3 is 15.6 Å². The number of nitriles is 1. The van der Waals surface area contributed by atoms with Gasteiger partial charge in [0.15, 0.2) is 0 Å². The Morgan fingerprint density at radius 3 is 2.55 bits per heavy atom. The lowest BCUT2D eigenvalue weighted by atomic mass is 10.1. The van der Waals surface area contributed by atoms with Crippen LogP contribution < -0.4 is 10.5 Å². The number of ether oxygens (including phenoxy) is 1. The summed E-state index contributed by atoms with van der Waals surface area (Å²) < 4.78 is 5.51. The number of hydrogen-bond acceptors (Lipinski definition) is 4. The number of nitrogens with two attached hydrogens (primary N) is 1. The van der Waals surface area contributed by atoms with Gasteiger partial charge in [0, 0.05) is 11.3 Å². The van der Waals surface area contributed by atoms with E-state index in [-0.39, 0.29) is 17.9 Å². The molecule has 3 N–H and O–H groups in total. The van der Waals surface area contributed by atoms with Crippen LogP contribution in [0, 0.1) is 11.3 Å². The molecule has 0 aromatic heterocycles. The first-order valence-corrected chi connectivity index (χ1v) is 5.85. The lowest BCUT2D eigenvalue weighted by Crippen LogP contribution is -2.09. The standard InChI is InChI=1S/C15H12N2O3/c16-8-10-4-6-12(7-5-10)20-9-11-2-1-3-13(17)14(11)15(18)19/h1-7H,9,17H2,(H,18,19). The second-order valence-corrected chi connectivity index (χ2v) is 4.11. The van der Waals surface area contributed by atoms with Gasteiger partial charge in [0.2, 0.25) is 0 Å². The number of carbonyl (C=O) groups is 1. The van der Waals surface area contributed by atoms with Crippen LogP contribution in [-0.4, -0.2) is 11.1 Å². The van der Waals surface area contributed by atoms with E-state index in [1.807, 2.05) is 6.07 Å². The third-order valence-electron chi connectivity index (χ3n) is 2.77. The molecule has 0 unspecified atom stereocenters. The van der Waals surface area contributed by atoms with E-state index in [4.69, 9.17) is 20.8 Å².